The molecule has 90 valence electrons. The van der Waals surface area contributed by atoms with Gasteiger partial charge in [0.25, 0.3) is 0 Å². The quantitative estimate of drug-likeness (QED) is 0.838. The molecule has 0 aromatic heterocycles. The lowest BCUT2D eigenvalue weighted by atomic mass is 10.0. The number of benzene rings is 2. The van der Waals surface area contributed by atoms with E-state index in [1.165, 1.54) is 14.2 Å². The molecule has 0 aliphatic carbocycles. The summed E-state index contributed by atoms with van der Waals surface area (Å²) in [5, 5.41) is 21.1. The number of aryl methyl sites for hydroxylation is 1. The fourth-order valence-corrected chi connectivity index (χ4v) is 1.95. The fraction of sp³-hybridized carbons (Fsp3) is 0.231. The molecule has 0 radical (unpaired) electrons. The van der Waals surface area contributed by atoms with E-state index in [9.17, 15) is 10.2 Å². The van der Waals surface area contributed by atoms with E-state index in [1.807, 2.05) is 6.07 Å². The Hall–Kier alpha value is -2.10. The highest BCUT2D eigenvalue weighted by Gasteiger charge is 2.17. The van der Waals surface area contributed by atoms with Crippen LogP contribution in [0, 0.1) is 6.92 Å². The molecule has 0 saturated heterocycles. The molecule has 2 aromatic carbocycles. The van der Waals surface area contributed by atoms with Gasteiger partial charge in [-0.05, 0) is 30.0 Å². The van der Waals surface area contributed by atoms with Crippen LogP contribution in [0.5, 0.6) is 23.0 Å². The van der Waals surface area contributed by atoms with Crippen LogP contribution in [0.4, 0.5) is 0 Å². The molecule has 0 atom stereocenters. The number of ether oxygens (including phenoxy) is 2. The van der Waals surface area contributed by atoms with Crippen LogP contribution in [0.15, 0.2) is 18.2 Å². The van der Waals surface area contributed by atoms with Gasteiger partial charge in [-0.2, -0.15) is 0 Å². The summed E-state index contributed by atoms with van der Waals surface area (Å²) in [4.78, 5) is 0. The monoisotopic (exact) mass is 234 g/mol. The maximum Gasteiger partial charge on any atom is 0.172 e. The van der Waals surface area contributed by atoms with Crippen molar-refractivity contribution in [3.8, 4) is 23.0 Å². The summed E-state index contributed by atoms with van der Waals surface area (Å²) >= 11 is 0. The Labute approximate surface area is 99.0 Å². The second kappa shape index (κ2) is 4.05. The van der Waals surface area contributed by atoms with Crippen LogP contribution in [-0.2, 0) is 0 Å². The molecule has 4 nitrogen and oxygen atoms in total. The molecule has 0 amide bonds. The van der Waals surface area contributed by atoms with E-state index in [1.54, 1.807) is 19.1 Å². The van der Waals surface area contributed by atoms with Crippen LogP contribution >= 0.6 is 0 Å². The van der Waals surface area contributed by atoms with Gasteiger partial charge in [-0.1, -0.05) is 6.07 Å². The molecular formula is C13H14O4. The smallest absolute Gasteiger partial charge is 0.172 e. The van der Waals surface area contributed by atoms with E-state index in [0.717, 1.165) is 5.39 Å². The first-order valence-corrected chi connectivity index (χ1v) is 5.16. The van der Waals surface area contributed by atoms with Gasteiger partial charge in [0.15, 0.2) is 23.0 Å². The zero-order valence-corrected chi connectivity index (χ0v) is 9.94. The van der Waals surface area contributed by atoms with Gasteiger partial charge < -0.3 is 19.7 Å². The van der Waals surface area contributed by atoms with Crippen molar-refractivity contribution in [1.82, 2.24) is 0 Å². The third-order valence-electron chi connectivity index (χ3n) is 2.77. The summed E-state index contributed by atoms with van der Waals surface area (Å²) in [5.41, 5.74) is 0.710. The van der Waals surface area contributed by atoms with Gasteiger partial charge in [-0.15, -0.1) is 0 Å². The normalized spacial score (nSPS) is 10.5. The van der Waals surface area contributed by atoms with Crippen molar-refractivity contribution in [3.05, 3.63) is 23.8 Å². The zero-order valence-electron chi connectivity index (χ0n) is 9.94. The summed E-state index contributed by atoms with van der Waals surface area (Å²) < 4.78 is 10.3. The average Bonchev–Trinajstić information content (AvgIpc) is 2.32. The molecule has 0 aliphatic rings. The molecule has 0 spiro atoms. The van der Waals surface area contributed by atoms with E-state index in [4.69, 9.17) is 9.47 Å². The lowest BCUT2D eigenvalue weighted by Gasteiger charge is -2.14. The van der Waals surface area contributed by atoms with Gasteiger partial charge in [0.1, 0.15) is 0 Å². The summed E-state index contributed by atoms with van der Waals surface area (Å²) in [6.45, 7) is 1.79. The molecule has 0 heterocycles. The maximum atomic E-state index is 9.94. The van der Waals surface area contributed by atoms with Crippen LogP contribution in [0.25, 0.3) is 10.8 Å². The average molecular weight is 234 g/mol. The molecule has 0 unspecified atom stereocenters. The standard InChI is InChI=1S/C13H14O4/c1-7-6-8-4-5-9(14)12(16-2)10(8)13(17-3)11(7)15/h4-6,14-15H,1-3H3. The van der Waals surface area contributed by atoms with Gasteiger partial charge in [-0.25, -0.2) is 0 Å². The SMILES string of the molecule is COc1c(O)ccc2cc(C)c(O)c(OC)c12. The molecule has 4 heteroatoms. The van der Waals surface area contributed by atoms with Crippen molar-refractivity contribution in [1.29, 1.82) is 0 Å². The Morgan fingerprint density at radius 1 is 1.00 bits per heavy atom. The predicted octanol–water partition coefficient (Wildman–Crippen LogP) is 2.58. The topological polar surface area (TPSA) is 58.9 Å². The Bertz CT molecular complexity index is 575. The summed E-state index contributed by atoms with van der Waals surface area (Å²) in [5.74, 6) is 0.688. The van der Waals surface area contributed by atoms with E-state index in [2.05, 4.69) is 0 Å². The Balaban J connectivity index is 2.97. The van der Waals surface area contributed by atoms with Crippen molar-refractivity contribution in [3.63, 3.8) is 0 Å². The number of rotatable bonds is 2. The molecule has 0 saturated carbocycles. The van der Waals surface area contributed by atoms with Gasteiger partial charge in [-0.3, -0.25) is 0 Å². The number of hydrogen-bond donors (Lipinski definition) is 2. The molecular weight excluding hydrogens is 220 g/mol. The van der Waals surface area contributed by atoms with Crippen LogP contribution in [0.3, 0.4) is 0 Å². The second-order valence-corrected chi connectivity index (χ2v) is 3.79. The zero-order chi connectivity index (χ0) is 12.6. The first-order valence-electron chi connectivity index (χ1n) is 5.16. The first-order chi connectivity index (χ1) is 8.10. The van der Waals surface area contributed by atoms with Crippen molar-refractivity contribution in [2.24, 2.45) is 0 Å². The summed E-state index contributed by atoms with van der Waals surface area (Å²) in [7, 11) is 2.93. The van der Waals surface area contributed by atoms with Gasteiger partial charge in [0.05, 0.1) is 19.6 Å². The van der Waals surface area contributed by atoms with Crippen LogP contribution in [-0.4, -0.2) is 24.4 Å². The van der Waals surface area contributed by atoms with Crippen LogP contribution in [0.1, 0.15) is 5.56 Å². The number of fused-ring (bicyclic) bond motifs is 1. The second-order valence-electron chi connectivity index (χ2n) is 3.79. The third kappa shape index (κ3) is 1.62. The van der Waals surface area contributed by atoms with E-state index in [0.29, 0.717) is 22.4 Å². The Kier molecular flexibility index (Phi) is 2.71. The minimum absolute atomic E-state index is 0.0153. The van der Waals surface area contributed by atoms with E-state index >= 15 is 0 Å². The van der Waals surface area contributed by atoms with Gasteiger partial charge >= 0.3 is 0 Å². The van der Waals surface area contributed by atoms with Gasteiger partial charge in [0, 0.05) is 0 Å². The molecule has 0 fully saturated rings. The molecule has 0 bridgehead atoms. The highest BCUT2D eigenvalue weighted by Crippen LogP contribution is 2.45. The lowest BCUT2D eigenvalue weighted by molar-refractivity contribution is 0.364. The highest BCUT2D eigenvalue weighted by molar-refractivity contribution is 5.98. The molecule has 0 aliphatic heterocycles. The summed E-state index contributed by atoms with van der Waals surface area (Å²) in [6.07, 6.45) is 0. The van der Waals surface area contributed by atoms with Gasteiger partial charge in [0.2, 0.25) is 0 Å². The lowest BCUT2D eigenvalue weighted by Crippen LogP contribution is -1.92. The minimum Gasteiger partial charge on any atom is -0.504 e. The fourth-order valence-electron chi connectivity index (χ4n) is 1.95. The van der Waals surface area contributed by atoms with E-state index < -0.39 is 0 Å². The molecule has 17 heavy (non-hydrogen) atoms. The van der Waals surface area contributed by atoms with Crippen molar-refractivity contribution >= 4 is 10.8 Å². The molecule has 2 aromatic rings. The van der Waals surface area contributed by atoms with Crippen LogP contribution < -0.4 is 9.47 Å². The number of phenols is 2. The predicted molar refractivity (Wildman–Crippen MR) is 65.1 cm³/mol. The number of aromatic hydroxyl groups is 2. The summed E-state index contributed by atoms with van der Waals surface area (Å²) in [6, 6.07) is 5.12. The minimum atomic E-state index is 0.0153. The third-order valence-corrected chi connectivity index (χ3v) is 2.77. The first kappa shape index (κ1) is 11.4. The van der Waals surface area contributed by atoms with E-state index in [-0.39, 0.29) is 11.5 Å². The molecule has 2 N–H and O–H groups in total. The van der Waals surface area contributed by atoms with Crippen molar-refractivity contribution in [2.45, 2.75) is 6.92 Å². The number of hydrogen-bond acceptors (Lipinski definition) is 4. The Morgan fingerprint density at radius 3 is 2.24 bits per heavy atom. The van der Waals surface area contributed by atoms with Crippen molar-refractivity contribution < 1.29 is 19.7 Å². The largest absolute Gasteiger partial charge is 0.504 e. The molecule has 2 rings (SSSR count). The highest BCUT2D eigenvalue weighted by atomic mass is 16.5. The van der Waals surface area contributed by atoms with Crippen molar-refractivity contribution in [2.75, 3.05) is 14.2 Å². The van der Waals surface area contributed by atoms with Crippen LogP contribution in [0.2, 0.25) is 0 Å². The maximum absolute atomic E-state index is 9.94. The number of methoxy groups -OCH3 is 2. The Morgan fingerprint density at radius 2 is 1.65 bits per heavy atom. The number of phenolic OH excluding ortho intramolecular Hbond substituents is 2.